The second-order valence-electron chi connectivity index (χ2n) is 11.1. The van der Waals surface area contributed by atoms with Crippen LogP contribution >= 0.6 is 34.5 Å². The highest BCUT2D eigenvalue weighted by Gasteiger charge is 2.27. The number of benzene rings is 2. The average Bonchev–Trinajstić information content (AvgIpc) is 3.70. The Morgan fingerprint density at radius 3 is 2.64 bits per heavy atom. The first kappa shape index (κ1) is 31.3. The van der Waals surface area contributed by atoms with E-state index in [-0.39, 0.29) is 6.42 Å². The lowest BCUT2D eigenvalue weighted by molar-refractivity contribution is -0.137. The molecule has 0 amide bonds. The Balaban J connectivity index is 1.36. The van der Waals surface area contributed by atoms with Crippen molar-refractivity contribution < 1.29 is 19.1 Å². The molecule has 1 aliphatic heterocycles. The van der Waals surface area contributed by atoms with Crippen molar-refractivity contribution in [1.29, 1.82) is 0 Å². The Hall–Kier alpha value is -3.67. The van der Waals surface area contributed by atoms with Crippen LogP contribution in [0.25, 0.3) is 32.0 Å². The van der Waals surface area contributed by atoms with Gasteiger partial charge in [0.15, 0.2) is 0 Å². The maximum absolute atomic E-state index is 12.4. The molecule has 2 aromatic carbocycles. The zero-order valence-corrected chi connectivity index (χ0v) is 27.3. The van der Waals surface area contributed by atoms with Crippen LogP contribution in [0.1, 0.15) is 11.1 Å². The number of ether oxygens (including phenoxy) is 1. The van der Waals surface area contributed by atoms with Gasteiger partial charge in [0.05, 0.1) is 21.5 Å². The van der Waals surface area contributed by atoms with Gasteiger partial charge in [-0.05, 0) is 54.9 Å². The minimum Gasteiger partial charge on any atom is -0.491 e. The van der Waals surface area contributed by atoms with E-state index in [9.17, 15) is 9.90 Å². The van der Waals surface area contributed by atoms with Gasteiger partial charge in [-0.3, -0.25) is 4.90 Å². The molecule has 0 spiro atoms. The number of likely N-dealkylation sites (N-methyl/N-ethyl adjacent to an activating group) is 1. The van der Waals surface area contributed by atoms with E-state index in [1.165, 1.54) is 17.7 Å². The van der Waals surface area contributed by atoms with Gasteiger partial charge < -0.3 is 24.5 Å². The van der Waals surface area contributed by atoms with Gasteiger partial charge in [0.1, 0.15) is 41.1 Å². The number of aromatic nitrogens is 2. The molecule has 5 aromatic rings. The summed E-state index contributed by atoms with van der Waals surface area (Å²) < 4.78 is 12.0. The maximum atomic E-state index is 12.4. The van der Waals surface area contributed by atoms with Crippen molar-refractivity contribution in [3.05, 3.63) is 82.3 Å². The Morgan fingerprint density at radius 1 is 1.11 bits per heavy atom. The fraction of sp³-hybridized carbons (Fsp3) is 0.303. The second-order valence-corrected chi connectivity index (χ2v) is 12.8. The lowest BCUT2D eigenvalue weighted by atomic mass is 9.97. The quantitative estimate of drug-likeness (QED) is 0.155. The minimum absolute atomic E-state index is 0.163. The van der Waals surface area contributed by atoms with Crippen molar-refractivity contribution in [2.45, 2.75) is 19.4 Å². The summed E-state index contributed by atoms with van der Waals surface area (Å²) in [6.45, 7) is 7.45. The third-order valence-electron chi connectivity index (χ3n) is 8.11. The van der Waals surface area contributed by atoms with E-state index in [0.717, 1.165) is 59.9 Å². The molecular weight excluding hydrogens is 633 g/mol. The highest BCUT2D eigenvalue weighted by Crippen LogP contribution is 2.49. The summed E-state index contributed by atoms with van der Waals surface area (Å²) in [6, 6.07) is 13.8. The molecule has 0 radical (unpaired) electrons. The molecule has 1 fully saturated rings. The van der Waals surface area contributed by atoms with Crippen molar-refractivity contribution in [2.24, 2.45) is 0 Å². The monoisotopic (exact) mass is 665 g/mol. The lowest BCUT2D eigenvalue weighted by Gasteiger charge is -2.32. The van der Waals surface area contributed by atoms with Gasteiger partial charge in [-0.15, -0.1) is 11.3 Å². The molecule has 234 valence electrons. The zero-order valence-electron chi connectivity index (χ0n) is 24.9. The topological polar surface area (TPSA) is 104 Å². The highest BCUT2D eigenvalue weighted by molar-refractivity contribution is 7.22. The predicted octanol–water partition coefficient (Wildman–Crippen LogP) is 6.97. The molecule has 0 bridgehead atoms. The summed E-state index contributed by atoms with van der Waals surface area (Å²) in [6.07, 6.45) is 3.22. The van der Waals surface area contributed by atoms with Gasteiger partial charge in [0.25, 0.3) is 0 Å². The van der Waals surface area contributed by atoms with Crippen LogP contribution in [-0.2, 0) is 11.2 Å². The van der Waals surface area contributed by atoms with Crippen molar-refractivity contribution in [2.75, 3.05) is 51.7 Å². The van der Waals surface area contributed by atoms with Gasteiger partial charge in [0, 0.05) is 49.7 Å². The number of nitrogens with zero attached hydrogens (tertiary/aromatic N) is 4. The Kier molecular flexibility index (Phi) is 9.58. The molecule has 1 unspecified atom stereocenters. The minimum atomic E-state index is -1.03. The predicted molar refractivity (Wildman–Crippen MR) is 180 cm³/mol. The van der Waals surface area contributed by atoms with E-state index < -0.39 is 12.0 Å². The molecule has 2 N–H and O–H groups in total. The van der Waals surface area contributed by atoms with Gasteiger partial charge in [-0.1, -0.05) is 47.5 Å². The standard InChI is InChI=1S/C33H33Cl2N5O4S/c1-20-22(9-10-25(29(20)35)44-17-15-40-13-11-39(2)12-14-40)27-28-31(36-19-37-32(28)45-30(27)26-8-5-16-43-26)38-24(33(41)42)18-21-6-3-4-7-23(21)34/h3-10,16,19,24H,11-15,17-18H2,1-2H3,(H,41,42)(H,36,37,38). The van der Waals surface area contributed by atoms with Crippen LogP contribution in [0.4, 0.5) is 5.82 Å². The third-order valence-corrected chi connectivity index (χ3v) is 10.1. The fourth-order valence-corrected chi connectivity index (χ4v) is 7.09. The molecule has 0 saturated carbocycles. The molecule has 45 heavy (non-hydrogen) atoms. The van der Waals surface area contributed by atoms with Gasteiger partial charge in [-0.2, -0.15) is 0 Å². The van der Waals surface area contributed by atoms with Crippen molar-refractivity contribution in [3.63, 3.8) is 0 Å². The molecule has 4 heterocycles. The van der Waals surface area contributed by atoms with E-state index in [2.05, 4.69) is 32.1 Å². The first-order valence-corrected chi connectivity index (χ1v) is 16.2. The number of hydrogen-bond acceptors (Lipinski definition) is 9. The first-order chi connectivity index (χ1) is 21.8. The maximum Gasteiger partial charge on any atom is 0.326 e. The van der Waals surface area contributed by atoms with Crippen LogP contribution in [0, 0.1) is 6.92 Å². The molecule has 0 aliphatic carbocycles. The molecule has 1 atom stereocenters. The number of nitrogens with one attached hydrogen (secondary N) is 1. The Morgan fingerprint density at radius 2 is 1.91 bits per heavy atom. The van der Waals surface area contributed by atoms with Gasteiger partial charge >= 0.3 is 5.97 Å². The number of piperazine rings is 1. The summed E-state index contributed by atoms with van der Waals surface area (Å²) in [5, 5.41) is 15.1. The molecular formula is C33H33Cl2N5O4S. The van der Waals surface area contributed by atoms with Crippen molar-refractivity contribution in [1.82, 2.24) is 19.8 Å². The van der Waals surface area contributed by atoms with Crippen LogP contribution in [-0.4, -0.2) is 83.3 Å². The Bertz CT molecular complexity index is 1800. The van der Waals surface area contributed by atoms with Crippen LogP contribution < -0.4 is 10.1 Å². The molecule has 1 aliphatic rings. The van der Waals surface area contributed by atoms with Crippen molar-refractivity contribution >= 4 is 56.5 Å². The number of hydrogen-bond donors (Lipinski definition) is 2. The zero-order chi connectivity index (χ0) is 31.5. The van der Waals surface area contributed by atoms with E-state index in [1.807, 2.05) is 49.4 Å². The van der Waals surface area contributed by atoms with Crippen LogP contribution in [0.2, 0.25) is 10.0 Å². The fourth-order valence-electron chi connectivity index (χ4n) is 5.53. The summed E-state index contributed by atoms with van der Waals surface area (Å²) in [7, 11) is 2.14. The van der Waals surface area contributed by atoms with E-state index >= 15 is 0 Å². The van der Waals surface area contributed by atoms with Crippen LogP contribution in [0.5, 0.6) is 5.75 Å². The summed E-state index contributed by atoms with van der Waals surface area (Å²) in [4.78, 5) is 27.8. The smallest absolute Gasteiger partial charge is 0.326 e. The second kappa shape index (κ2) is 13.8. The normalized spacial score (nSPS) is 14.9. The Labute approximate surface area is 275 Å². The number of carboxylic acids is 1. The van der Waals surface area contributed by atoms with Gasteiger partial charge in [0.2, 0.25) is 0 Å². The van der Waals surface area contributed by atoms with E-state index in [4.69, 9.17) is 32.4 Å². The van der Waals surface area contributed by atoms with E-state index in [1.54, 1.807) is 12.3 Å². The number of rotatable bonds is 11. The molecule has 9 nitrogen and oxygen atoms in total. The number of aliphatic carboxylic acids is 1. The van der Waals surface area contributed by atoms with Crippen LogP contribution in [0.3, 0.4) is 0 Å². The summed E-state index contributed by atoms with van der Waals surface area (Å²) in [5.74, 6) is 0.646. The number of furan rings is 1. The molecule has 6 rings (SSSR count). The van der Waals surface area contributed by atoms with Crippen molar-refractivity contribution in [3.8, 4) is 27.5 Å². The third kappa shape index (κ3) is 6.80. The highest BCUT2D eigenvalue weighted by atomic mass is 35.5. The SMILES string of the molecule is Cc1c(-c2c(-c3ccco3)sc3ncnc(NC(Cc4ccccc4Cl)C(=O)O)c23)ccc(OCCN2CCN(C)CC2)c1Cl. The number of anilines is 1. The largest absolute Gasteiger partial charge is 0.491 e. The number of carboxylic acid groups (broad SMARTS) is 1. The number of carbonyl (C=O) groups is 1. The lowest BCUT2D eigenvalue weighted by Crippen LogP contribution is -2.45. The average molecular weight is 667 g/mol. The summed E-state index contributed by atoms with van der Waals surface area (Å²) in [5.41, 5.74) is 3.19. The van der Waals surface area contributed by atoms with Crippen LogP contribution in [0.15, 0.2) is 65.5 Å². The number of thiophene rings is 1. The number of fused-ring (bicyclic) bond motifs is 1. The number of halogens is 2. The van der Waals surface area contributed by atoms with Gasteiger partial charge in [-0.25, -0.2) is 14.8 Å². The molecule has 3 aromatic heterocycles. The first-order valence-electron chi connectivity index (χ1n) is 14.7. The summed E-state index contributed by atoms with van der Waals surface area (Å²) >= 11 is 14.8. The van der Waals surface area contributed by atoms with E-state index in [0.29, 0.717) is 44.2 Å². The molecule has 1 saturated heterocycles. The molecule has 12 heteroatoms.